The molecular weight excluding hydrogens is 270 g/mol. The maximum atomic E-state index is 12.7. The van der Waals surface area contributed by atoms with E-state index in [9.17, 15) is 9.90 Å². The summed E-state index contributed by atoms with van der Waals surface area (Å²) in [5.74, 6) is 0. The van der Waals surface area contributed by atoms with Crippen LogP contribution in [0.1, 0.15) is 25.8 Å². The van der Waals surface area contributed by atoms with E-state index in [1.165, 1.54) is 0 Å². The number of anilines is 1. The van der Waals surface area contributed by atoms with Crippen molar-refractivity contribution in [1.82, 2.24) is 9.88 Å². The summed E-state index contributed by atoms with van der Waals surface area (Å²) in [6.45, 7) is 8.11. The number of nitrogens with zero attached hydrogens (tertiary/aromatic N) is 3. The molecule has 1 radical (unpaired) electrons. The summed E-state index contributed by atoms with van der Waals surface area (Å²) in [5.41, 5.74) is 1.27. The van der Waals surface area contributed by atoms with Gasteiger partial charge in [-0.15, -0.1) is 0 Å². The highest BCUT2D eigenvalue weighted by molar-refractivity contribution is 5.92. The Hall–Kier alpha value is -1.66. The van der Waals surface area contributed by atoms with Gasteiger partial charge < -0.3 is 15.1 Å². The maximum absolute atomic E-state index is 12.7. The van der Waals surface area contributed by atoms with Gasteiger partial charge in [-0.25, -0.2) is 4.79 Å². The molecule has 0 saturated carbocycles. The van der Waals surface area contributed by atoms with E-state index in [4.69, 9.17) is 5.11 Å². The lowest BCUT2D eigenvalue weighted by atomic mass is 10.2. The van der Waals surface area contributed by atoms with Crippen LogP contribution < -0.4 is 4.90 Å². The number of rotatable bonds is 7. The third-order valence-electron chi connectivity index (χ3n) is 3.10. The molecule has 0 spiro atoms. The minimum atomic E-state index is -0.195. The number of pyridine rings is 1. The van der Waals surface area contributed by atoms with E-state index in [1.807, 2.05) is 13.8 Å². The zero-order valence-corrected chi connectivity index (χ0v) is 12.7. The van der Waals surface area contributed by atoms with Crippen LogP contribution in [0.15, 0.2) is 18.5 Å². The minimum Gasteiger partial charge on any atom is -0.395 e. The fraction of sp³-hybridized carbons (Fsp3) is 0.533. The van der Waals surface area contributed by atoms with Crippen molar-refractivity contribution < 1.29 is 15.0 Å². The molecule has 6 heteroatoms. The van der Waals surface area contributed by atoms with Crippen LogP contribution in [0.25, 0.3) is 0 Å². The molecule has 0 aliphatic heterocycles. The van der Waals surface area contributed by atoms with Crippen molar-refractivity contribution in [3.05, 3.63) is 30.9 Å². The lowest BCUT2D eigenvalue weighted by Crippen LogP contribution is -2.48. The number of hydrogen-bond acceptors (Lipinski definition) is 4. The number of aliphatic hydroxyl groups is 2. The number of carbonyl (C=O) groups is 1. The minimum absolute atomic E-state index is 0.0223. The Morgan fingerprint density at radius 2 is 2.05 bits per heavy atom. The monoisotopic (exact) mass is 294 g/mol. The van der Waals surface area contributed by atoms with Crippen molar-refractivity contribution in [2.24, 2.45) is 0 Å². The van der Waals surface area contributed by atoms with E-state index < -0.39 is 0 Å². The van der Waals surface area contributed by atoms with E-state index in [2.05, 4.69) is 11.9 Å². The molecule has 1 aromatic heterocycles. The summed E-state index contributed by atoms with van der Waals surface area (Å²) in [5, 5.41) is 18.3. The molecular formula is C15H24N3O3. The Morgan fingerprint density at radius 3 is 2.57 bits per heavy atom. The van der Waals surface area contributed by atoms with Gasteiger partial charge in [-0.1, -0.05) is 6.92 Å². The highest BCUT2D eigenvalue weighted by Crippen LogP contribution is 2.18. The van der Waals surface area contributed by atoms with Crippen molar-refractivity contribution in [1.29, 1.82) is 0 Å². The largest absolute Gasteiger partial charge is 0.395 e. The number of urea groups is 1. The first-order valence-electron chi connectivity index (χ1n) is 7.08. The first-order chi connectivity index (χ1) is 10.0. The fourth-order valence-electron chi connectivity index (χ4n) is 2.04. The van der Waals surface area contributed by atoms with Crippen LogP contribution in [0.5, 0.6) is 0 Å². The average molecular weight is 294 g/mol. The highest BCUT2D eigenvalue weighted by atomic mass is 16.3. The molecule has 117 valence electrons. The van der Waals surface area contributed by atoms with Crippen LogP contribution in [-0.2, 0) is 6.61 Å². The van der Waals surface area contributed by atoms with Crippen LogP contribution in [0.4, 0.5) is 10.5 Å². The van der Waals surface area contributed by atoms with E-state index in [0.29, 0.717) is 24.2 Å². The van der Waals surface area contributed by atoms with Gasteiger partial charge in [0.25, 0.3) is 0 Å². The van der Waals surface area contributed by atoms with Crippen molar-refractivity contribution >= 4 is 11.7 Å². The van der Waals surface area contributed by atoms with Gasteiger partial charge in [-0.2, -0.15) is 0 Å². The first kappa shape index (κ1) is 17.4. The molecule has 21 heavy (non-hydrogen) atoms. The highest BCUT2D eigenvalue weighted by Gasteiger charge is 2.24. The third kappa shape index (κ3) is 4.68. The predicted octanol–water partition coefficient (Wildman–Crippen LogP) is 1.43. The molecule has 0 fully saturated rings. The van der Waals surface area contributed by atoms with Gasteiger partial charge in [0.1, 0.15) is 0 Å². The molecule has 0 unspecified atom stereocenters. The van der Waals surface area contributed by atoms with E-state index in [0.717, 1.165) is 0 Å². The molecule has 2 N–H and O–H groups in total. The number of amides is 2. The number of aromatic nitrogens is 1. The molecule has 0 bridgehead atoms. The normalized spacial score (nSPS) is 10.8. The summed E-state index contributed by atoms with van der Waals surface area (Å²) < 4.78 is 0. The van der Waals surface area contributed by atoms with Gasteiger partial charge in [0.05, 0.1) is 25.1 Å². The van der Waals surface area contributed by atoms with E-state index in [1.54, 1.807) is 28.3 Å². The Labute approximate surface area is 126 Å². The van der Waals surface area contributed by atoms with Crippen LogP contribution >= 0.6 is 0 Å². The van der Waals surface area contributed by atoms with Crippen LogP contribution in [-0.4, -0.2) is 51.9 Å². The molecule has 1 rings (SSSR count). The summed E-state index contributed by atoms with van der Waals surface area (Å²) in [7, 11) is 0. The molecule has 1 heterocycles. The van der Waals surface area contributed by atoms with Gasteiger partial charge in [0, 0.05) is 25.3 Å². The second-order valence-corrected chi connectivity index (χ2v) is 5.01. The lowest BCUT2D eigenvalue weighted by Gasteiger charge is -2.32. The molecule has 2 amide bonds. The van der Waals surface area contributed by atoms with Gasteiger partial charge in [-0.05, 0) is 31.9 Å². The van der Waals surface area contributed by atoms with Crippen molar-refractivity contribution in [3.63, 3.8) is 0 Å². The van der Waals surface area contributed by atoms with Crippen molar-refractivity contribution in [2.45, 2.75) is 32.9 Å². The number of hydrogen-bond donors (Lipinski definition) is 2. The van der Waals surface area contributed by atoms with Gasteiger partial charge in [-0.3, -0.25) is 9.88 Å². The zero-order valence-electron chi connectivity index (χ0n) is 12.7. The van der Waals surface area contributed by atoms with Crippen LogP contribution in [0.2, 0.25) is 0 Å². The second kappa shape index (κ2) is 8.59. The molecule has 0 aromatic carbocycles. The molecule has 6 nitrogen and oxygen atoms in total. The summed E-state index contributed by atoms with van der Waals surface area (Å²) in [4.78, 5) is 19.9. The number of carbonyl (C=O) groups excluding carboxylic acids is 1. The van der Waals surface area contributed by atoms with Crippen molar-refractivity contribution in [3.8, 4) is 0 Å². The Balaban J connectivity index is 3.06. The van der Waals surface area contributed by atoms with E-state index in [-0.39, 0.29) is 31.8 Å². The molecule has 0 aliphatic carbocycles. The molecule has 0 saturated heterocycles. The SMILES string of the molecule is [CH2]CCN(C(=O)N(CCO)C(C)C)c1cncc(CO)c1. The zero-order chi connectivity index (χ0) is 15.8. The first-order valence-corrected chi connectivity index (χ1v) is 7.08. The summed E-state index contributed by atoms with van der Waals surface area (Å²) in [6.07, 6.45) is 3.70. The standard InChI is InChI=1S/C15H24N3O3/c1-4-5-18(14-8-13(11-20)9-16-10-14)15(21)17(6-7-19)12(2)3/h8-10,12,19-20H,1,4-7,11H2,2-3H3. The Bertz CT molecular complexity index is 452. The third-order valence-corrected chi connectivity index (χ3v) is 3.10. The maximum Gasteiger partial charge on any atom is 0.324 e. The number of aliphatic hydroxyl groups excluding tert-OH is 2. The topological polar surface area (TPSA) is 76.9 Å². The predicted molar refractivity (Wildman–Crippen MR) is 81.8 cm³/mol. The Morgan fingerprint density at radius 1 is 1.33 bits per heavy atom. The van der Waals surface area contributed by atoms with Gasteiger partial charge in [0.15, 0.2) is 0 Å². The van der Waals surface area contributed by atoms with E-state index >= 15 is 0 Å². The Kier molecular flexibility index (Phi) is 7.11. The smallest absolute Gasteiger partial charge is 0.324 e. The fourth-order valence-corrected chi connectivity index (χ4v) is 2.04. The average Bonchev–Trinajstić information content (AvgIpc) is 2.49. The quantitative estimate of drug-likeness (QED) is 0.797. The second-order valence-electron chi connectivity index (χ2n) is 5.01. The summed E-state index contributed by atoms with van der Waals surface area (Å²) >= 11 is 0. The van der Waals surface area contributed by atoms with Gasteiger partial charge >= 0.3 is 6.03 Å². The summed E-state index contributed by atoms with van der Waals surface area (Å²) in [6, 6.07) is 1.52. The molecule has 0 aliphatic rings. The van der Waals surface area contributed by atoms with Crippen LogP contribution in [0.3, 0.4) is 0 Å². The van der Waals surface area contributed by atoms with Crippen LogP contribution in [0, 0.1) is 6.92 Å². The van der Waals surface area contributed by atoms with Gasteiger partial charge in [0.2, 0.25) is 0 Å². The lowest BCUT2D eigenvalue weighted by molar-refractivity contribution is 0.166. The molecule has 1 aromatic rings. The van der Waals surface area contributed by atoms with Crippen molar-refractivity contribution in [2.75, 3.05) is 24.6 Å². The molecule has 0 atom stereocenters.